The normalized spacial score (nSPS) is 44.5. The fourth-order valence-electron chi connectivity index (χ4n) is 9.50. The van der Waals surface area contributed by atoms with Gasteiger partial charge in [0.2, 0.25) is 0 Å². The van der Waals surface area contributed by atoms with Crippen LogP contribution in [0.5, 0.6) is 0 Å². The Morgan fingerprint density at radius 1 is 0.903 bits per heavy atom. The number of rotatable bonds is 6. The number of ketones is 2. The maximum Gasteiger partial charge on any atom is 0.137 e. The van der Waals surface area contributed by atoms with Crippen LogP contribution in [-0.4, -0.2) is 11.6 Å². The first-order valence-corrected chi connectivity index (χ1v) is 13.7. The summed E-state index contributed by atoms with van der Waals surface area (Å²) in [5.41, 5.74) is 0.513. The summed E-state index contributed by atoms with van der Waals surface area (Å²) >= 11 is 0. The van der Waals surface area contributed by atoms with Crippen molar-refractivity contribution in [2.24, 2.45) is 58.2 Å². The van der Waals surface area contributed by atoms with Gasteiger partial charge in [-0.1, -0.05) is 54.4 Å². The van der Waals surface area contributed by atoms with Gasteiger partial charge in [0.25, 0.3) is 0 Å². The predicted molar refractivity (Wildman–Crippen MR) is 128 cm³/mol. The fourth-order valence-corrected chi connectivity index (χ4v) is 9.50. The monoisotopic (exact) mass is 428 g/mol. The Morgan fingerprint density at radius 2 is 1.61 bits per heavy atom. The minimum absolute atomic E-state index is 0.0255. The molecule has 4 saturated carbocycles. The molecule has 2 heteroatoms. The Kier molecular flexibility index (Phi) is 6.52. The minimum Gasteiger partial charge on any atom is -0.300 e. The molecule has 0 N–H and O–H groups in total. The molecule has 0 heterocycles. The Hall–Kier alpha value is -0.660. The van der Waals surface area contributed by atoms with E-state index in [9.17, 15) is 9.59 Å². The largest absolute Gasteiger partial charge is 0.300 e. The Morgan fingerprint density at radius 3 is 2.29 bits per heavy atom. The van der Waals surface area contributed by atoms with Crippen LogP contribution in [0.4, 0.5) is 0 Å². The maximum atomic E-state index is 13.3. The fraction of sp³-hybridized carbons (Fsp3) is 0.931. The summed E-state index contributed by atoms with van der Waals surface area (Å²) in [6, 6.07) is 0. The third kappa shape index (κ3) is 3.86. The molecular weight excluding hydrogens is 380 g/mol. The van der Waals surface area contributed by atoms with Crippen LogP contribution in [0.25, 0.3) is 0 Å². The molecule has 0 aliphatic heterocycles. The molecule has 0 aromatic carbocycles. The number of Topliss-reactive ketones (excluding diaryl/α,β-unsaturated/α-hetero) is 2. The second-order valence-corrected chi connectivity index (χ2v) is 13.0. The third-order valence-electron chi connectivity index (χ3n) is 11.5. The lowest BCUT2D eigenvalue weighted by molar-refractivity contribution is -0.159. The SMILES string of the molecule is CC[C@H](CC[C@@H](C)[C@H]1CC[C@H]2[C@@H]3CC(=O)[C@@H]4CC(=O)CC[C@]4(C)[C@H]3CC[C@]12C)C(C)C. The summed E-state index contributed by atoms with van der Waals surface area (Å²) in [6.45, 7) is 14.7. The van der Waals surface area contributed by atoms with E-state index in [1.807, 2.05) is 0 Å². The lowest BCUT2D eigenvalue weighted by Gasteiger charge is -2.59. The Labute approximate surface area is 191 Å². The lowest BCUT2D eigenvalue weighted by atomic mass is 9.44. The van der Waals surface area contributed by atoms with Gasteiger partial charge in [0.15, 0.2) is 0 Å². The first kappa shape index (κ1) is 23.5. The van der Waals surface area contributed by atoms with Gasteiger partial charge in [-0.3, -0.25) is 9.59 Å². The minimum atomic E-state index is 0.0255. The van der Waals surface area contributed by atoms with Crippen LogP contribution < -0.4 is 0 Å². The zero-order chi connectivity index (χ0) is 22.6. The zero-order valence-corrected chi connectivity index (χ0v) is 21.2. The topological polar surface area (TPSA) is 34.1 Å². The van der Waals surface area contributed by atoms with Gasteiger partial charge < -0.3 is 0 Å². The highest BCUT2D eigenvalue weighted by Crippen LogP contribution is 2.67. The lowest BCUT2D eigenvalue weighted by Crippen LogP contribution is -2.56. The second-order valence-electron chi connectivity index (χ2n) is 13.0. The van der Waals surface area contributed by atoms with E-state index in [-0.39, 0.29) is 11.3 Å². The highest BCUT2D eigenvalue weighted by molar-refractivity contribution is 5.90. The van der Waals surface area contributed by atoms with Crippen LogP contribution in [-0.2, 0) is 9.59 Å². The van der Waals surface area contributed by atoms with Gasteiger partial charge in [0, 0.05) is 25.2 Å². The van der Waals surface area contributed by atoms with Crippen molar-refractivity contribution in [1.29, 1.82) is 0 Å². The molecule has 4 aliphatic carbocycles. The first-order valence-electron chi connectivity index (χ1n) is 13.7. The molecule has 0 spiro atoms. The van der Waals surface area contributed by atoms with Crippen molar-refractivity contribution >= 4 is 11.6 Å². The maximum absolute atomic E-state index is 13.3. The summed E-state index contributed by atoms with van der Waals surface area (Å²) in [5.74, 6) is 6.05. The summed E-state index contributed by atoms with van der Waals surface area (Å²) in [4.78, 5) is 25.4. The molecule has 0 bridgehead atoms. The van der Waals surface area contributed by atoms with Gasteiger partial charge in [-0.25, -0.2) is 0 Å². The molecule has 0 saturated heterocycles. The predicted octanol–water partition coefficient (Wildman–Crippen LogP) is 7.49. The molecule has 0 aromatic heterocycles. The smallest absolute Gasteiger partial charge is 0.137 e. The van der Waals surface area contributed by atoms with Crippen LogP contribution in [0, 0.1) is 58.2 Å². The molecule has 0 unspecified atom stereocenters. The Bertz CT molecular complexity index is 695. The molecule has 9 atom stereocenters. The van der Waals surface area contributed by atoms with E-state index < -0.39 is 0 Å². The van der Waals surface area contributed by atoms with Gasteiger partial charge in [-0.05, 0) is 90.8 Å². The van der Waals surface area contributed by atoms with E-state index in [0.717, 1.165) is 42.4 Å². The first-order chi connectivity index (χ1) is 14.6. The molecule has 0 aromatic rings. The number of carbonyl (C=O) groups excluding carboxylic acids is 2. The van der Waals surface area contributed by atoms with Crippen LogP contribution in [0.2, 0.25) is 0 Å². The standard InChI is InChI=1S/C29H48O2/c1-7-20(18(2)3)9-8-19(4)23-10-11-24-22-17-27(31)26-16-21(30)12-14-29(26,6)25(22)13-15-28(23,24)5/h18-20,22-26H,7-17H2,1-6H3/t19-,20-,22+,23-,24+,25+,26+,28-,29-/m1/s1. The molecule has 4 aliphatic rings. The average molecular weight is 429 g/mol. The van der Waals surface area contributed by atoms with Crippen LogP contribution in [0.3, 0.4) is 0 Å². The average Bonchev–Trinajstić information content (AvgIpc) is 3.07. The van der Waals surface area contributed by atoms with Gasteiger partial charge in [-0.15, -0.1) is 0 Å². The van der Waals surface area contributed by atoms with Crippen molar-refractivity contribution in [3.63, 3.8) is 0 Å². The molecule has 4 fully saturated rings. The Balaban J connectivity index is 1.49. The van der Waals surface area contributed by atoms with E-state index >= 15 is 0 Å². The van der Waals surface area contributed by atoms with Crippen molar-refractivity contribution in [2.45, 2.75) is 112 Å². The van der Waals surface area contributed by atoms with Gasteiger partial charge in [-0.2, -0.15) is 0 Å². The zero-order valence-electron chi connectivity index (χ0n) is 21.2. The number of hydrogen-bond donors (Lipinski definition) is 0. The van der Waals surface area contributed by atoms with Crippen molar-refractivity contribution < 1.29 is 9.59 Å². The third-order valence-corrected chi connectivity index (χ3v) is 11.5. The molecule has 176 valence electrons. The highest BCUT2D eigenvalue weighted by Gasteiger charge is 2.62. The summed E-state index contributed by atoms with van der Waals surface area (Å²) < 4.78 is 0. The molecule has 0 amide bonds. The van der Waals surface area contributed by atoms with Gasteiger partial charge in [0.1, 0.15) is 11.6 Å². The molecular formula is C29H48O2. The van der Waals surface area contributed by atoms with Crippen molar-refractivity contribution in [3.05, 3.63) is 0 Å². The van der Waals surface area contributed by atoms with Crippen molar-refractivity contribution in [3.8, 4) is 0 Å². The quantitative estimate of drug-likeness (QED) is 0.439. The number of hydrogen-bond acceptors (Lipinski definition) is 2. The van der Waals surface area contributed by atoms with Crippen LogP contribution >= 0.6 is 0 Å². The molecule has 31 heavy (non-hydrogen) atoms. The molecule has 2 nitrogen and oxygen atoms in total. The summed E-state index contributed by atoms with van der Waals surface area (Å²) in [7, 11) is 0. The van der Waals surface area contributed by atoms with Crippen molar-refractivity contribution in [1.82, 2.24) is 0 Å². The summed E-state index contributed by atoms with van der Waals surface area (Å²) in [5, 5.41) is 0. The van der Waals surface area contributed by atoms with Gasteiger partial charge >= 0.3 is 0 Å². The van der Waals surface area contributed by atoms with Gasteiger partial charge in [0.05, 0.1) is 0 Å². The highest BCUT2D eigenvalue weighted by atomic mass is 16.1. The number of fused-ring (bicyclic) bond motifs is 5. The summed E-state index contributed by atoms with van der Waals surface area (Å²) in [6.07, 6.45) is 12.4. The molecule has 0 radical (unpaired) electrons. The van der Waals surface area contributed by atoms with E-state index in [2.05, 4.69) is 41.5 Å². The van der Waals surface area contributed by atoms with E-state index in [1.54, 1.807) is 0 Å². The van der Waals surface area contributed by atoms with E-state index in [1.165, 1.54) is 44.9 Å². The van der Waals surface area contributed by atoms with Crippen molar-refractivity contribution in [2.75, 3.05) is 0 Å². The second kappa shape index (κ2) is 8.60. The van der Waals surface area contributed by atoms with Crippen LogP contribution in [0.1, 0.15) is 112 Å². The van der Waals surface area contributed by atoms with Crippen LogP contribution in [0.15, 0.2) is 0 Å². The number of carbonyl (C=O) groups is 2. The van der Waals surface area contributed by atoms with E-state index in [0.29, 0.717) is 41.7 Å². The molecule has 4 rings (SSSR count). The van der Waals surface area contributed by atoms with E-state index in [4.69, 9.17) is 0 Å².